The number of aliphatic hydroxyl groups is 1. The number of carbonyl (C=O) groups excluding carboxylic acids is 2. The van der Waals surface area contributed by atoms with Gasteiger partial charge in [0.1, 0.15) is 11.9 Å². The van der Waals surface area contributed by atoms with Gasteiger partial charge in [0.25, 0.3) is 11.6 Å². The Labute approximate surface area is 242 Å². The summed E-state index contributed by atoms with van der Waals surface area (Å²) in [6, 6.07) is 6.33. The van der Waals surface area contributed by atoms with Crippen LogP contribution >= 0.6 is 0 Å². The third-order valence-electron chi connectivity index (χ3n) is 7.19. The van der Waals surface area contributed by atoms with Gasteiger partial charge < -0.3 is 24.2 Å². The molecule has 1 saturated carbocycles. The molecule has 10 nitrogen and oxygen atoms in total. The van der Waals surface area contributed by atoms with Crippen molar-refractivity contribution in [2.75, 3.05) is 19.8 Å². The van der Waals surface area contributed by atoms with Crippen LogP contribution in [0.3, 0.4) is 0 Å². The van der Waals surface area contributed by atoms with Crippen LogP contribution in [0.5, 0.6) is 5.75 Å². The van der Waals surface area contributed by atoms with Crippen LogP contribution in [0.4, 0.5) is 0 Å². The Hall–Kier alpha value is -3.58. The Morgan fingerprint density at radius 1 is 1.27 bits per heavy atom. The molecule has 41 heavy (non-hydrogen) atoms. The molecule has 1 aliphatic carbocycles. The third-order valence-corrected chi connectivity index (χ3v) is 7.19. The van der Waals surface area contributed by atoms with Crippen molar-refractivity contribution < 1.29 is 38.8 Å². The number of unbranched alkanes of at least 4 members (excludes halogenated alkanes) is 1. The number of aryl methyl sites for hydroxylation is 1. The van der Waals surface area contributed by atoms with Crippen molar-refractivity contribution in [3.05, 3.63) is 51.6 Å². The number of aliphatic hydroxyl groups excluding tert-OH is 1. The van der Waals surface area contributed by atoms with Crippen molar-refractivity contribution >= 4 is 12.4 Å². The van der Waals surface area contributed by atoms with Crippen molar-refractivity contribution in [2.45, 2.75) is 90.3 Å². The molecule has 5 atom stereocenters. The number of hydrogen-bond acceptors (Lipinski definition) is 9. The number of allylic oxidation sites excluding steroid dienone is 1. The topological polar surface area (TPSA) is 134 Å². The summed E-state index contributed by atoms with van der Waals surface area (Å²) in [5.74, 6) is 7.50. The van der Waals surface area contributed by atoms with Gasteiger partial charge in [0.2, 0.25) is 0 Å². The predicted octanol–water partition coefficient (Wildman–Crippen LogP) is 4.94. The zero-order valence-electron chi connectivity index (χ0n) is 24.3. The molecule has 0 saturated heterocycles. The zero-order chi connectivity index (χ0) is 30.0. The van der Waals surface area contributed by atoms with Crippen LogP contribution in [-0.2, 0) is 30.3 Å². The number of hydrogen-bond donors (Lipinski definition) is 1. The Balaban J connectivity index is 0.000000883. The van der Waals surface area contributed by atoms with Gasteiger partial charge in [-0.25, -0.2) is 0 Å². The fraction of sp³-hybridized carbons (Fsp3) is 0.613. The molecule has 226 valence electrons. The summed E-state index contributed by atoms with van der Waals surface area (Å²) in [5, 5.41) is 18.9. The smallest absolute Gasteiger partial charge is 0.305 e. The molecule has 1 heterocycles. The van der Waals surface area contributed by atoms with Crippen LogP contribution in [0.2, 0.25) is 0 Å². The molecule has 0 spiro atoms. The van der Waals surface area contributed by atoms with Gasteiger partial charge in [-0.2, -0.15) is 0 Å². The molecule has 2 aliphatic rings. The van der Waals surface area contributed by atoms with E-state index in [0.29, 0.717) is 63.6 Å². The highest BCUT2D eigenvalue weighted by Crippen LogP contribution is 2.52. The largest absolute Gasteiger partial charge is 0.489 e. The van der Waals surface area contributed by atoms with E-state index in [9.17, 15) is 24.8 Å². The van der Waals surface area contributed by atoms with E-state index < -0.39 is 11.2 Å². The highest BCUT2D eigenvalue weighted by atomic mass is 16.9. The molecule has 0 aromatic heterocycles. The molecular weight excluding hydrogens is 530 g/mol. The second kappa shape index (κ2) is 18.7. The maximum Gasteiger partial charge on any atom is 0.305 e. The predicted molar refractivity (Wildman–Crippen MR) is 152 cm³/mol. The maximum atomic E-state index is 12.0. The number of benzene rings is 1. The van der Waals surface area contributed by atoms with Gasteiger partial charge in [0.15, 0.2) is 0 Å². The van der Waals surface area contributed by atoms with Gasteiger partial charge in [0.05, 0.1) is 25.9 Å². The van der Waals surface area contributed by atoms with Crippen LogP contribution in [-0.4, -0.2) is 54.7 Å². The molecule has 0 amide bonds. The quantitative estimate of drug-likeness (QED) is 0.0555. The summed E-state index contributed by atoms with van der Waals surface area (Å²) in [6.07, 6.45) is 9.75. The van der Waals surface area contributed by atoms with Gasteiger partial charge in [-0.3, -0.25) is 9.59 Å². The Morgan fingerprint density at radius 2 is 2.05 bits per heavy atom. The molecular formula is C31H43NO9. The van der Waals surface area contributed by atoms with Crippen molar-refractivity contribution in [1.82, 2.24) is 0 Å². The summed E-state index contributed by atoms with van der Waals surface area (Å²) in [6.45, 7) is 6.67. The first-order valence-corrected chi connectivity index (χ1v) is 14.3. The van der Waals surface area contributed by atoms with E-state index in [1.807, 2.05) is 19.9 Å². The van der Waals surface area contributed by atoms with Gasteiger partial charge in [-0.15, -0.1) is 22.0 Å². The minimum Gasteiger partial charge on any atom is -0.489 e. The molecule has 1 aromatic rings. The third kappa shape index (κ3) is 11.4. The summed E-state index contributed by atoms with van der Waals surface area (Å²) >= 11 is 0. The van der Waals surface area contributed by atoms with Crippen LogP contribution < -0.4 is 4.74 Å². The van der Waals surface area contributed by atoms with E-state index in [-0.39, 0.29) is 24.6 Å². The van der Waals surface area contributed by atoms with Crippen molar-refractivity contribution in [1.29, 1.82) is 0 Å². The Morgan fingerprint density at radius 3 is 2.73 bits per heavy atom. The summed E-state index contributed by atoms with van der Waals surface area (Å²) in [4.78, 5) is 35.1. The number of ether oxygens (including phenoxy) is 3. The number of esters is 1. The van der Waals surface area contributed by atoms with E-state index in [0.717, 1.165) is 30.6 Å². The monoisotopic (exact) mass is 573 g/mol. The van der Waals surface area contributed by atoms with Crippen molar-refractivity contribution in [2.24, 2.45) is 11.8 Å². The lowest BCUT2D eigenvalue weighted by Gasteiger charge is -2.17. The van der Waals surface area contributed by atoms with Gasteiger partial charge in [-0.05, 0) is 69.8 Å². The average molecular weight is 574 g/mol. The van der Waals surface area contributed by atoms with Crippen LogP contribution in [0.15, 0.2) is 30.4 Å². The number of para-hydroxylation sites is 1. The molecule has 0 bridgehead atoms. The fourth-order valence-electron chi connectivity index (χ4n) is 5.08. The molecule has 1 fully saturated rings. The SMILES string of the molecule is CC#CCC(C)C(O)/C=C/C1CCC2Oc3c(CCCC(=O)OCCCCOC=O)cccc3C12.CCO[N+](=O)[O-]. The Kier molecular flexibility index (Phi) is 15.3. The lowest BCUT2D eigenvalue weighted by molar-refractivity contribution is -0.756. The Bertz CT molecular complexity index is 1060. The molecule has 10 heteroatoms. The fourth-order valence-corrected chi connectivity index (χ4v) is 5.08. The van der Waals surface area contributed by atoms with E-state index in [1.54, 1.807) is 6.92 Å². The first kappa shape index (κ1) is 33.6. The minimum atomic E-state index is -0.819. The van der Waals surface area contributed by atoms with E-state index in [1.165, 1.54) is 5.56 Å². The lowest BCUT2D eigenvalue weighted by atomic mass is 9.86. The van der Waals surface area contributed by atoms with Crippen LogP contribution in [0.25, 0.3) is 0 Å². The highest BCUT2D eigenvalue weighted by molar-refractivity contribution is 5.69. The highest BCUT2D eigenvalue weighted by Gasteiger charge is 2.44. The lowest BCUT2D eigenvalue weighted by Crippen LogP contribution is -2.17. The number of fused-ring (bicyclic) bond motifs is 3. The normalized spacial score (nSPS) is 19.8. The molecule has 3 rings (SSSR count). The first-order chi connectivity index (χ1) is 19.8. The number of carbonyl (C=O) groups is 2. The summed E-state index contributed by atoms with van der Waals surface area (Å²) in [7, 11) is 0. The van der Waals surface area contributed by atoms with Crippen molar-refractivity contribution in [3.63, 3.8) is 0 Å². The number of rotatable bonds is 16. The minimum absolute atomic E-state index is 0.109. The zero-order valence-corrected chi connectivity index (χ0v) is 24.3. The average Bonchev–Trinajstić information content (AvgIpc) is 3.52. The molecule has 1 N–H and O–H groups in total. The van der Waals surface area contributed by atoms with E-state index in [2.05, 4.69) is 45.7 Å². The maximum absolute atomic E-state index is 12.0. The molecule has 0 radical (unpaired) electrons. The summed E-state index contributed by atoms with van der Waals surface area (Å²) < 4.78 is 16.3. The van der Waals surface area contributed by atoms with Crippen LogP contribution in [0, 0.1) is 33.8 Å². The second-order valence-corrected chi connectivity index (χ2v) is 10.1. The van der Waals surface area contributed by atoms with E-state index >= 15 is 0 Å². The van der Waals surface area contributed by atoms with Gasteiger partial charge >= 0.3 is 5.97 Å². The first-order valence-electron chi connectivity index (χ1n) is 14.3. The van der Waals surface area contributed by atoms with Crippen molar-refractivity contribution in [3.8, 4) is 17.6 Å². The van der Waals surface area contributed by atoms with Gasteiger partial charge in [-0.1, -0.05) is 37.3 Å². The van der Waals surface area contributed by atoms with Gasteiger partial charge in [0, 0.05) is 24.3 Å². The molecule has 1 aromatic carbocycles. The standard InChI is InChI=1S/C29H38O6.C2H5NO3/c1-3-4-9-21(2)25(31)16-14-22-15-17-26-28(22)24-12-7-10-23(29(24)35-26)11-8-13-27(32)34-19-6-5-18-33-20-30;1-2-6-3(4)5/h7,10,12,14,16,20-22,25-26,28,31H,5-6,8-9,11,13,15,17-19H2,1-2H3;2H2,1H3/b16-14+;. The second-order valence-electron chi connectivity index (χ2n) is 10.1. The number of nitrogens with zero attached hydrogens (tertiary/aromatic N) is 1. The van der Waals surface area contributed by atoms with Crippen LogP contribution in [0.1, 0.15) is 82.8 Å². The summed E-state index contributed by atoms with van der Waals surface area (Å²) in [5.41, 5.74) is 2.39. The van der Waals surface area contributed by atoms with E-state index in [4.69, 9.17) is 9.47 Å². The molecule has 5 unspecified atom stereocenters. The molecule has 1 aliphatic heterocycles.